The van der Waals surface area contributed by atoms with Gasteiger partial charge >= 0.3 is 0 Å². The van der Waals surface area contributed by atoms with Crippen molar-refractivity contribution in [1.82, 2.24) is 14.9 Å². The van der Waals surface area contributed by atoms with Crippen molar-refractivity contribution < 1.29 is 14.3 Å². The fraction of sp³-hybridized carbons (Fsp3) is 0.290. The van der Waals surface area contributed by atoms with Crippen LogP contribution in [-0.2, 0) is 17.8 Å². The van der Waals surface area contributed by atoms with Gasteiger partial charge in [0.05, 0.1) is 24.8 Å². The second kappa shape index (κ2) is 13.9. The Kier molecular flexibility index (Phi) is 9.76. The van der Waals surface area contributed by atoms with Crippen molar-refractivity contribution in [2.24, 2.45) is 0 Å². The highest BCUT2D eigenvalue weighted by atomic mass is 16.5. The Bertz CT molecular complexity index is 1280. The topological polar surface area (TPSA) is 65.4 Å². The molecule has 0 saturated carbocycles. The van der Waals surface area contributed by atoms with Crippen LogP contribution in [0.15, 0.2) is 84.9 Å². The molecule has 0 radical (unpaired) electrons. The van der Waals surface area contributed by atoms with Gasteiger partial charge in [-0.3, -0.25) is 4.79 Å². The third kappa shape index (κ3) is 7.97. The van der Waals surface area contributed by atoms with Gasteiger partial charge < -0.3 is 19.4 Å². The highest BCUT2D eigenvalue weighted by Gasteiger charge is 2.10. The number of carbonyl (C=O) groups is 1. The SMILES string of the molecule is COc1ccc(OCCCn2c(CCCCCNC(=O)/C=C/c3ccccc3)nc3ccccc32)cc1. The van der Waals surface area contributed by atoms with E-state index in [1.807, 2.05) is 66.7 Å². The van der Waals surface area contributed by atoms with E-state index in [9.17, 15) is 4.79 Å². The predicted octanol–water partition coefficient (Wildman–Crippen LogP) is 6.06. The van der Waals surface area contributed by atoms with Crippen LogP contribution >= 0.6 is 0 Å². The number of amides is 1. The monoisotopic (exact) mass is 497 g/mol. The number of fused-ring (bicyclic) bond motifs is 1. The summed E-state index contributed by atoms with van der Waals surface area (Å²) in [7, 11) is 1.66. The van der Waals surface area contributed by atoms with Gasteiger partial charge in [0.15, 0.2) is 0 Å². The second-order valence-corrected chi connectivity index (χ2v) is 8.89. The molecule has 0 fully saturated rings. The average molecular weight is 498 g/mol. The molecule has 192 valence electrons. The van der Waals surface area contributed by atoms with Crippen LogP contribution in [0, 0.1) is 0 Å². The number of nitrogens with one attached hydrogen (secondary N) is 1. The summed E-state index contributed by atoms with van der Waals surface area (Å²) in [6, 6.07) is 25.8. The number of imidazole rings is 1. The van der Waals surface area contributed by atoms with Crippen LogP contribution in [0.2, 0.25) is 0 Å². The van der Waals surface area contributed by atoms with E-state index in [-0.39, 0.29) is 5.91 Å². The third-order valence-electron chi connectivity index (χ3n) is 6.19. The zero-order valence-electron chi connectivity index (χ0n) is 21.4. The van der Waals surface area contributed by atoms with Gasteiger partial charge in [0, 0.05) is 25.6 Å². The van der Waals surface area contributed by atoms with Gasteiger partial charge in [0.1, 0.15) is 17.3 Å². The molecule has 0 saturated heterocycles. The predicted molar refractivity (Wildman–Crippen MR) is 149 cm³/mol. The summed E-state index contributed by atoms with van der Waals surface area (Å²) in [5, 5.41) is 2.97. The van der Waals surface area contributed by atoms with Crippen LogP contribution in [0.1, 0.15) is 37.1 Å². The third-order valence-corrected chi connectivity index (χ3v) is 6.19. The second-order valence-electron chi connectivity index (χ2n) is 8.89. The number of ether oxygens (including phenoxy) is 2. The minimum absolute atomic E-state index is 0.0532. The molecular formula is C31H35N3O3. The molecule has 4 aromatic rings. The van der Waals surface area contributed by atoms with Crippen molar-refractivity contribution in [2.45, 2.75) is 38.6 Å². The van der Waals surface area contributed by atoms with E-state index in [1.54, 1.807) is 13.2 Å². The molecule has 0 spiro atoms. The number of unbranched alkanes of at least 4 members (excludes halogenated alkanes) is 2. The van der Waals surface area contributed by atoms with Crippen molar-refractivity contribution in [3.05, 3.63) is 96.3 Å². The van der Waals surface area contributed by atoms with Gasteiger partial charge in [-0.25, -0.2) is 4.98 Å². The van der Waals surface area contributed by atoms with Gasteiger partial charge in [-0.2, -0.15) is 0 Å². The number of hydrogen-bond donors (Lipinski definition) is 1. The molecular weight excluding hydrogens is 462 g/mol. The minimum atomic E-state index is -0.0532. The molecule has 1 amide bonds. The number of benzene rings is 3. The molecule has 4 rings (SSSR count). The number of hydrogen-bond acceptors (Lipinski definition) is 4. The first-order valence-corrected chi connectivity index (χ1v) is 12.9. The summed E-state index contributed by atoms with van der Waals surface area (Å²) in [6.45, 7) is 2.17. The first kappa shape index (κ1) is 26.0. The Morgan fingerprint density at radius 3 is 2.46 bits per heavy atom. The van der Waals surface area contributed by atoms with E-state index >= 15 is 0 Å². The largest absolute Gasteiger partial charge is 0.497 e. The van der Waals surface area contributed by atoms with Crippen LogP contribution in [0.25, 0.3) is 17.1 Å². The number of aryl methyl sites for hydroxylation is 2. The van der Waals surface area contributed by atoms with Crippen LogP contribution in [-0.4, -0.2) is 35.7 Å². The summed E-state index contributed by atoms with van der Waals surface area (Å²) in [5.74, 6) is 2.73. The molecule has 0 bridgehead atoms. The Labute approximate surface area is 218 Å². The van der Waals surface area contributed by atoms with Crippen LogP contribution in [0.4, 0.5) is 0 Å². The molecule has 37 heavy (non-hydrogen) atoms. The maximum Gasteiger partial charge on any atom is 0.243 e. The molecule has 0 unspecified atom stereocenters. The van der Waals surface area contributed by atoms with E-state index < -0.39 is 0 Å². The van der Waals surface area contributed by atoms with E-state index in [0.29, 0.717) is 13.2 Å². The van der Waals surface area contributed by atoms with Crippen LogP contribution in [0.5, 0.6) is 11.5 Å². The van der Waals surface area contributed by atoms with Gasteiger partial charge in [0.2, 0.25) is 5.91 Å². The summed E-state index contributed by atoms with van der Waals surface area (Å²) >= 11 is 0. The van der Waals surface area contributed by atoms with E-state index in [4.69, 9.17) is 14.5 Å². The van der Waals surface area contributed by atoms with E-state index in [2.05, 4.69) is 28.1 Å². The summed E-state index contributed by atoms with van der Waals surface area (Å²) in [6.07, 6.45) is 8.24. The van der Waals surface area contributed by atoms with Gasteiger partial charge in [-0.1, -0.05) is 48.9 Å². The Hall–Kier alpha value is -4.06. The van der Waals surface area contributed by atoms with Crippen molar-refractivity contribution in [1.29, 1.82) is 0 Å². The maximum atomic E-state index is 12.0. The number of aromatic nitrogens is 2. The molecule has 1 heterocycles. The molecule has 0 atom stereocenters. The van der Waals surface area contributed by atoms with Crippen LogP contribution in [0.3, 0.4) is 0 Å². The standard InChI is InChI=1S/C31H35N3O3/c1-36-26-17-19-27(20-18-26)37-24-10-23-34-29-14-8-7-13-28(29)33-30(34)15-6-3-9-22-32-31(35)21-16-25-11-4-2-5-12-25/h2,4-5,7-8,11-14,16-21H,3,6,9-10,15,22-24H2,1H3,(H,32,35)/b21-16+. The maximum absolute atomic E-state index is 12.0. The van der Waals surface area contributed by atoms with Crippen molar-refractivity contribution in [3.63, 3.8) is 0 Å². The zero-order chi connectivity index (χ0) is 25.7. The normalized spacial score (nSPS) is 11.2. The summed E-state index contributed by atoms with van der Waals surface area (Å²) in [4.78, 5) is 16.9. The number of carbonyl (C=O) groups excluding carboxylic acids is 1. The van der Waals surface area contributed by atoms with Crippen molar-refractivity contribution >= 4 is 23.0 Å². The van der Waals surface area contributed by atoms with Gasteiger partial charge in [-0.15, -0.1) is 0 Å². The van der Waals surface area contributed by atoms with E-state index in [0.717, 1.165) is 67.1 Å². The smallest absolute Gasteiger partial charge is 0.243 e. The fourth-order valence-corrected chi connectivity index (χ4v) is 4.24. The number of para-hydroxylation sites is 2. The number of nitrogens with zero attached hydrogens (tertiary/aromatic N) is 2. The Morgan fingerprint density at radius 2 is 1.65 bits per heavy atom. The molecule has 0 aliphatic heterocycles. The molecule has 0 aliphatic carbocycles. The molecule has 1 aromatic heterocycles. The summed E-state index contributed by atoms with van der Waals surface area (Å²) < 4.78 is 13.4. The Balaban J connectivity index is 1.20. The lowest BCUT2D eigenvalue weighted by Gasteiger charge is -2.11. The highest BCUT2D eigenvalue weighted by molar-refractivity contribution is 5.91. The van der Waals surface area contributed by atoms with Crippen LogP contribution < -0.4 is 14.8 Å². The van der Waals surface area contributed by atoms with Crippen molar-refractivity contribution in [3.8, 4) is 11.5 Å². The zero-order valence-corrected chi connectivity index (χ0v) is 21.4. The Morgan fingerprint density at radius 1 is 0.892 bits per heavy atom. The lowest BCUT2D eigenvalue weighted by Crippen LogP contribution is -2.22. The van der Waals surface area contributed by atoms with Gasteiger partial charge in [0.25, 0.3) is 0 Å². The number of rotatable bonds is 14. The van der Waals surface area contributed by atoms with E-state index in [1.165, 1.54) is 5.52 Å². The molecule has 0 aliphatic rings. The van der Waals surface area contributed by atoms with Gasteiger partial charge in [-0.05, 0) is 67.3 Å². The molecule has 6 heteroatoms. The quantitative estimate of drug-likeness (QED) is 0.170. The van der Waals surface area contributed by atoms with Crippen molar-refractivity contribution in [2.75, 3.05) is 20.3 Å². The molecule has 3 aromatic carbocycles. The lowest BCUT2D eigenvalue weighted by molar-refractivity contribution is -0.116. The summed E-state index contributed by atoms with van der Waals surface area (Å²) in [5.41, 5.74) is 3.22. The highest BCUT2D eigenvalue weighted by Crippen LogP contribution is 2.20. The average Bonchev–Trinajstić information content (AvgIpc) is 3.30. The fourth-order valence-electron chi connectivity index (χ4n) is 4.24. The molecule has 1 N–H and O–H groups in total. The molecule has 6 nitrogen and oxygen atoms in total. The number of methoxy groups -OCH3 is 1. The first-order chi connectivity index (χ1) is 18.2. The first-order valence-electron chi connectivity index (χ1n) is 12.9. The lowest BCUT2D eigenvalue weighted by atomic mass is 10.2. The minimum Gasteiger partial charge on any atom is -0.497 e.